The molecule has 62 heavy (non-hydrogen) atoms. The van der Waals surface area contributed by atoms with Crippen LogP contribution in [0, 0.1) is 32.4 Å². The van der Waals surface area contributed by atoms with E-state index in [1.165, 1.54) is 17.7 Å². The SMILES string of the molecule is Cc1ccc(CC(=O)Nc2ccc(C(C)C)c(F)c2)nn1.Cc1ccc(CC(=O)Nc2ccc(C(C)C)cc2)nn1.Cc1ccc(CC(=O)Nc2ccc(C(C)C)cc2F)nn1. The van der Waals surface area contributed by atoms with Crippen LogP contribution < -0.4 is 16.0 Å². The third kappa shape index (κ3) is 16.0. The van der Waals surface area contributed by atoms with Gasteiger partial charge in [0.25, 0.3) is 0 Å². The van der Waals surface area contributed by atoms with E-state index in [0.29, 0.717) is 34.3 Å². The van der Waals surface area contributed by atoms with Gasteiger partial charge in [0, 0.05) is 11.4 Å². The first-order chi connectivity index (χ1) is 29.4. The van der Waals surface area contributed by atoms with Crippen LogP contribution in [-0.2, 0) is 33.6 Å². The van der Waals surface area contributed by atoms with Crippen molar-refractivity contribution in [2.45, 2.75) is 99.3 Å². The minimum Gasteiger partial charge on any atom is -0.326 e. The molecular weight excluding hydrogens is 789 g/mol. The standard InChI is InChI=1S/2C16H18FN3O.C16H19N3O/c1-10(2)12-5-7-15(14(17)8-12)18-16(21)9-13-6-4-11(3)19-20-13;1-10(2)14-7-6-12(8-15(14)17)18-16(21)9-13-5-4-11(3)19-20-13;1-11(2)13-5-8-14(9-6-13)17-16(20)10-15-7-4-12(3)18-19-15/h2*4-8,10H,9H2,1-3H3,(H,18,21);4-9,11H,10H2,1-3H3,(H,17,20). The van der Waals surface area contributed by atoms with E-state index in [2.05, 4.69) is 60.4 Å². The number of aryl methyl sites for hydroxylation is 3. The number of aromatic nitrogens is 6. The lowest BCUT2D eigenvalue weighted by atomic mass is 10.0. The zero-order valence-electron chi connectivity index (χ0n) is 36.8. The number of amides is 3. The molecule has 0 saturated carbocycles. The maximum absolute atomic E-state index is 13.9. The number of carbonyl (C=O) groups is 3. The molecule has 0 fully saturated rings. The Labute approximate surface area is 362 Å². The van der Waals surface area contributed by atoms with Crippen LogP contribution in [0.5, 0.6) is 0 Å². The lowest BCUT2D eigenvalue weighted by molar-refractivity contribution is -0.116. The Kier molecular flexibility index (Phi) is 17.9. The fraction of sp³-hybridized carbons (Fsp3) is 0.312. The normalized spacial score (nSPS) is 10.7. The molecule has 14 heteroatoms. The monoisotopic (exact) mass is 843 g/mol. The molecule has 6 aromatic rings. The number of nitrogens with zero attached hydrogens (tertiary/aromatic N) is 6. The number of halogens is 2. The Morgan fingerprint density at radius 3 is 1.26 bits per heavy atom. The molecule has 6 rings (SSSR count). The van der Waals surface area contributed by atoms with E-state index in [1.807, 2.05) is 90.9 Å². The van der Waals surface area contributed by atoms with Crippen LogP contribution in [0.3, 0.4) is 0 Å². The zero-order valence-corrected chi connectivity index (χ0v) is 36.8. The second kappa shape index (κ2) is 23.2. The van der Waals surface area contributed by atoms with E-state index in [1.54, 1.807) is 42.5 Å². The average molecular weight is 844 g/mol. The molecule has 0 aliphatic rings. The molecule has 0 aliphatic heterocycles. The van der Waals surface area contributed by atoms with Crippen LogP contribution in [-0.4, -0.2) is 48.3 Å². The zero-order chi connectivity index (χ0) is 45.3. The number of carbonyl (C=O) groups excluding carboxylic acids is 3. The summed E-state index contributed by atoms with van der Waals surface area (Å²) in [5, 5.41) is 31.6. The van der Waals surface area contributed by atoms with E-state index in [9.17, 15) is 23.2 Å². The molecule has 0 aliphatic carbocycles. The largest absolute Gasteiger partial charge is 0.326 e. The Morgan fingerprint density at radius 1 is 0.452 bits per heavy atom. The molecule has 3 heterocycles. The Balaban J connectivity index is 0.000000205. The molecule has 0 atom stereocenters. The smallest absolute Gasteiger partial charge is 0.230 e. The van der Waals surface area contributed by atoms with Gasteiger partial charge in [0.15, 0.2) is 0 Å². The molecule has 3 aromatic heterocycles. The third-order valence-electron chi connectivity index (χ3n) is 9.29. The summed E-state index contributed by atoms with van der Waals surface area (Å²) in [5.74, 6) is -0.538. The van der Waals surface area contributed by atoms with Crippen LogP contribution >= 0.6 is 0 Å². The van der Waals surface area contributed by atoms with Gasteiger partial charge in [0.1, 0.15) is 11.6 Å². The summed E-state index contributed by atoms with van der Waals surface area (Å²) in [4.78, 5) is 35.7. The first kappa shape index (κ1) is 47.8. The van der Waals surface area contributed by atoms with Crippen LogP contribution in [0.15, 0.2) is 97.1 Å². The quantitative estimate of drug-likeness (QED) is 0.109. The van der Waals surface area contributed by atoms with Crippen LogP contribution in [0.2, 0.25) is 0 Å². The number of hydrogen-bond acceptors (Lipinski definition) is 9. The fourth-order valence-electron chi connectivity index (χ4n) is 5.68. The Hall–Kier alpha value is -6.83. The van der Waals surface area contributed by atoms with Crippen molar-refractivity contribution in [1.29, 1.82) is 0 Å². The van der Waals surface area contributed by atoms with Crippen molar-refractivity contribution in [2.24, 2.45) is 0 Å². The molecule has 324 valence electrons. The highest BCUT2D eigenvalue weighted by Crippen LogP contribution is 2.23. The van der Waals surface area contributed by atoms with Gasteiger partial charge in [-0.3, -0.25) is 14.4 Å². The van der Waals surface area contributed by atoms with Crippen LogP contribution in [0.25, 0.3) is 0 Å². The van der Waals surface area contributed by atoms with Crippen molar-refractivity contribution < 1.29 is 23.2 Å². The van der Waals surface area contributed by atoms with Gasteiger partial charge in [0.05, 0.1) is 59.1 Å². The molecule has 12 nitrogen and oxygen atoms in total. The summed E-state index contributed by atoms with van der Waals surface area (Å²) >= 11 is 0. The molecule has 3 aromatic carbocycles. The van der Waals surface area contributed by atoms with Crippen LogP contribution in [0.1, 0.15) is 110 Å². The maximum atomic E-state index is 13.9. The van der Waals surface area contributed by atoms with Crippen molar-refractivity contribution in [3.05, 3.63) is 160 Å². The molecule has 0 saturated heterocycles. The van der Waals surface area contributed by atoms with Crippen molar-refractivity contribution in [2.75, 3.05) is 16.0 Å². The van der Waals surface area contributed by atoms with Gasteiger partial charge in [-0.25, -0.2) is 8.78 Å². The minimum absolute atomic E-state index is 0.0681. The Morgan fingerprint density at radius 2 is 0.871 bits per heavy atom. The highest BCUT2D eigenvalue weighted by Gasteiger charge is 2.13. The predicted molar refractivity (Wildman–Crippen MR) is 239 cm³/mol. The van der Waals surface area contributed by atoms with Crippen molar-refractivity contribution in [3.8, 4) is 0 Å². The topological polar surface area (TPSA) is 165 Å². The first-order valence-electron chi connectivity index (χ1n) is 20.4. The lowest BCUT2D eigenvalue weighted by Gasteiger charge is -2.10. The van der Waals surface area contributed by atoms with E-state index < -0.39 is 5.82 Å². The molecule has 3 N–H and O–H groups in total. The van der Waals surface area contributed by atoms with Crippen molar-refractivity contribution >= 4 is 34.8 Å². The van der Waals surface area contributed by atoms with E-state index in [0.717, 1.165) is 28.3 Å². The van der Waals surface area contributed by atoms with Crippen LogP contribution in [0.4, 0.5) is 25.8 Å². The summed E-state index contributed by atoms with van der Waals surface area (Å²) in [6, 6.07) is 28.3. The van der Waals surface area contributed by atoms with Gasteiger partial charge in [-0.1, -0.05) is 65.8 Å². The number of anilines is 3. The van der Waals surface area contributed by atoms with Gasteiger partial charge >= 0.3 is 0 Å². The highest BCUT2D eigenvalue weighted by molar-refractivity contribution is 5.93. The van der Waals surface area contributed by atoms with Gasteiger partial charge in [-0.05, 0) is 128 Å². The van der Waals surface area contributed by atoms with Gasteiger partial charge < -0.3 is 16.0 Å². The van der Waals surface area contributed by atoms with Gasteiger partial charge in [0.2, 0.25) is 17.7 Å². The van der Waals surface area contributed by atoms with Gasteiger partial charge in [-0.15, -0.1) is 0 Å². The predicted octanol–water partition coefficient (Wildman–Crippen LogP) is 9.55. The summed E-state index contributed by atoms with van der Waals surface area (Å²) in [6.07, 6.45) is 0.415. The number of nitrogens with one attached hydrogen (secondary N) is 3. The summed E-state index contributed by atoms with van der Waals surface area (Å²) in [5.41, 5.74) is 8.46. The number of rotatable bonds is 12. The first-order valence-corrected chi connectivity index (χ1v) is 20.4. The maximum Gasteiger partial charge on any atom is 0.230 e. The van der Waals surface area contributed by atoms with E-state index >= 15 is 0 Å². The summed E-state index contributed by atoms with van der Waals surface area (Å²) in [6.45, 7) is 17.6. The Bertz CT molecular complexity index is 2390. The molecule has 0 bridgehead atoms. The van der Waals surface area contributed by atoms with Gasteiger partial charge in [-0.2, -0.15) is 30.6 Å². The summed E-state index contributed by atoms with van der Waals surface area (Å²) in [7, 11) is 0. The molecule has 3 amide bonds. The number of hydrogen-bond donors (Lipinski definition) is 3. The van der Waals surface area contributed by atoms with Crippen molar-refractivity contribution in [3.63, 3.8) is 0 Å². The lowest BCUT2D eigenvalue weighted by Crippen LogP contribution is -2.16. The van der Waals surface area contributed by atoms with Crippen molar-refractivity contribution in [1.82, 2.24) is 30.6 Å². The second-order valence-electron chi connectivity index (χ2n) is 15.7. The summed E-state index contributed by atoms with van der Waals surface area (Å²) < 4.78 is 27.8. The minimum atomic E-state index is -0.426. The molecular formula is C48H55F2N9O3. The third-order valence-corrected chi connectivity index (χ3v) is 9.29. The van der Waals surface area contributed by atoms with E-state index in [4.69, 9.17) is 0 Å². The fourth-order valence-corrected chi connectivity index (χ4v) is 5.68. The second-order valence-corrected chi connectivity index (χ2v) is 15.7. The molecule has 0 spiro atoms. The number of benzene rings is 3. The van der Waals surface area contributed by atoms with E-state index in [-0.39, 0.29) is 60.3 Å². The molecule has 0 unspecified atom stereocenters. The average Bonchev–Trinajstić information content (AvgIpc) is 3.22. The highest BCUT2D eigenvalue weighted by atomic mass is 19.1. The molecule has 0 radical (unpaired) electrons.